The highest BCUT2D eigenvalue weighted by Crippen LogP contribution is 2.23. The third-order valence-corrected chi connectivity index (χ3v) is 3.17. The summed E-state index contributed by atoms with van der Waals surface area (Å²) in [7, 11) is 0. The van der Waals surface area contributed by atoms with Crippen LogP contribution in [-0.4, -0.2) is 14.8 Å². The third kappa shape index (κ3) is 2.35. The fraction of sp³-hybridized carbons (Fsp3) is 0.176. The van der Waals surface area contributed by atoms with Crippen LogP contribution in [-0.2, 0) is 0 Å². The summed E-state index contributed by atoms with van der Waals surface area (Å²) in [4.78, 5) is 4.71. The average molecular weight is 263 g/mol. The predicted octanol–water partition coefficient (Wildman–Crippen LogP) is 4.06. The molecule has 2 aromatic carbocycles. The smallest absolute Gasteiger partial charge is 0.163 e. The van der Waals surface area contributed by atoms with Crippen molar-refractivity contribution < 1.29 is 0 Å². The van der Waals surface area contributed by atoms with Crippen LogP contribution in [0.15, 0.2) is 60.7 Å². The Kier molecular flexibility index (Phi) is 3.33. The summed E-state index contributed by atoms with van der Waals surface area (Å²) in [6, 6.07) is 20.3. The van der Waals surface area contributed by atoms with Crippen LogP contribution in [0.3, 0.4) is 0 Å². The normalized spacial score (nSPS) is 10.9. The molecule has 0 aliphatic rings. The highest BCUT2D eigenvalue weighted by molar-refractivity contribution is 5.57. The molecule has 0 aliphatic heterocycles. The van der Waals surface area contributed by atoms with Gasteiger partial charge in [-0.2, -0.15) is 5.10 Å². The summed E-state index contributed by atoms with van der Waals surface area (Å²) >= 11 is 0. The van der Waals surface area contributed by atoms with E-state index in [-0.39, 0.29) is 0 Å². The summed E-state index contributed by atoms with van der Waals surface area (Å²) in [5.41, 5.74) is 2.11. The zero-order chi connectivity index (χ0) is 13.9. The Morgan fingerprint density at radius 3 is 2.05 bits per heavy atom. The minimum absolute atomic E-state index is 0.308. The predicted molar refractivity (Wildman–Crippen MR) is 80.9 cm³/mol. The molecule has 3 rings (SSSR count). The van der Waals surface area contributed by atoms with Crippen molar-refractivity contribution in [3.8, 4) is 17.1 Å². The van der Waals surface area contributed by atoms with E-state index in [9.17, 15) is 0 Å². The largest absolute Gasteiger partial charge is 0.213 e. The zero-order valence-corrected chi connectivity index (χ0v) is 11.7. The van der Waals surface area contributed by atoms with E-state index in [1.54, 1.807) is 0 Å². The molecule has 0 N–H and O–H groups in total. The molecule has 0 saturated heterocycles. The van der Waals surface area contributed by atoms with E-state index < -0.39 is 0 Å². The van der Waals surface area contributed by atoms with E-state index >= 15 is 0 Å². The fourth-order valence-corrected chi connectivity index (χ4v) is 2.10. The van der Waals surface area contributed by atoms with Crippen LogP contribution in [0.25, 0.3) is 17.1 Å². The van der Waals surface area contributed by atoms with E-state index in [1.165, 1.54) is 0 Å². The highest BCUT2D eigenvalue weighted by Gasteiger charge is 2.14. The molecule has 0 saturated carbocycles. The number of aromatic nitrogens is 3. The van der Waals surface area contributed by atoms with Crippen molar-refractivity contribution in [2.75, 3.05) is 0 Å². The first kappa shape index (κ1) is 12.6. The number of nitrogens with zero attached hydrogens (tertiary/aromatic N) is 3. The van der Waals surface area contributed by atoms with Gasteiger partial charge in [0.1, 0.15) is 0 Å². The Bertz CT molecular complexity index is 628. The number of hydrogen-bond donors (Lipinski definition) is 0. The van der Waals surface area contributed by atoms with Crippen LogP contribution < -0.4 is 0 Å². The van der Waals surface area contributed by atoms with Crippen LogP contribution in [0.4, 0.5) is 0 Å². The van der Waals surface area contributed by atoms with Gasteiger partial charge in [0.15, 0.2) is 11.6 Å². The minimum atomic E-state index is 0.308. The quantitative estimate of drug-likeness (QED) is 0.713. The first-order valence-electron chi connectivity index (χ1n) is 6.83. The molecule has 3 aromatic rings. The third-order valence-electron chi connectivity index (χ3n) is 3.17. The van der Waals surface area contributed by atoms with Crippen molar-refractivity contribution in [1.82, 2.24) is 14.8 Å². The van der Waals surface area contributed by atoms with Gasteiger partial charge in [-0.15, -0.1) is 0 Å². The van der Waals surface area contributed by atoms with Crippen LogP contribution in [0.2, 0.25) is 0 Å². The van der Waals surface area contributed by atoms with Crippen LogP contribution >= 0.6 is 0 Å². The highest BCUT2D eigenvalue weighted by atomic mass is 15.4. The Labute approximate surface area is 118 Å². The monoisotopic (exact) mass is 263 g/mol. The first-order chi connectivity index (χ1) is 9.75. The van der Waals surface area contributed by atoms with Gasteiger partial charge >= 0.3 is 0 Å². The lowest BCUT2D eigenvalue weighted by atomic mass is 10.2. The summed E-state index contributed by atoms with van der Waals surface area (Å²) in [6.07, 6.45) is 0. The molecule has 0 radical (unpaired) electrons. The lowest BCUT2D eigenvalue weighted by molar-refractivity contribution is 0.754. The van der Waals surface area contributed by atoms with Gasteiger partial charge < -0.3 is 0 Å². The van der Waals surface area contributed by atoms with E-state index in [2.05, 4.69) is 31.1 Å². The first-order valence-corrected chi connectivity index (χ1v) is 6.83. The van der Waals surface area contributed by atoms with Crippen molar-refractivity contribution in [2.45, 2.75) is 19.8 Å². The van der Waals surface area contributed by atoms with E-state index in [1.807, 2.05) is 53.2 Å². The molecule has 3 heteroatoms. The number of para-hydroxylation sites is 1. The van der Waals surface area contributed by atoms with Crippen molar-refractivity contribution in [3.63, 3.8) is 0 Å². The van der Waals surface area contributed by atoms with Crippen molar-refractivity contribution >= 4 is 0 Å². The van der Waals surface area contributed by atoms with Gasteiger partial charge in [0.2, 0.25) is 0 Å². The molecule has 0 amide bonds. The van der Waals surface area contributed by atoms with Crippen LogP contribution in [0.5, 0.6) is 0 Å². The zero-order valence-electron chi connectivity index (χ0n) is 11.7. The summed E-state index contributed by atoms with van der Waals surface area (Å²) in [5, 5.41) is 4.66. The molecule has 0 atom stereocenters. The van der Waals surface area contributed by atoms with Crippen molar-refractivity contribution in [3.05, 3.63) is 66.5 Å². The molecule has 0 bridgehead atoms. The Morgan fingerprint density at radius 1 is 0.850 bits per heavy atom. The Morgan fingerprint density at radius 2 is 1.45 bits per heavy atom. The lowest BCUT2D eigenvalue weighted by Crippen LogP contribution is -1.99. The molecule has 3 nitrogen and oxygen atoms in total. The van der Waals surface area contributed by atoms with Crippen molar-refractivity contribution in [2.24, 2.45) is 0 Å². The molecule has 0 unspecified atom stereocenters. The summed E-state index contributed by atoms with van der Waals surface area (Å²) < 4.78 is 1.92. The molecule has 20 heavy (non-hydrogen) atoms. The average Bonchev–Trinajstić information content (AvgIpc) is 2.94. The molecule has 0 spiro atoms. The van der Waals surface area contributed by atoms with Gasteiger partial charge in [0, 0.05) is 11.5 Å². The fourth-order valence-electron chi connectivity index (χ4n) is 2.10. The maximum absolute atomic E-state index is 4.71. The number of rotatable bonds is 3. The molecule has 100 valence electrons. The topological polar surface area (TPSA) is 30.7 Å². The SMILES string of the molecule is CC(C)c1nc(-c2ccccc2)n(-c2ccccc2)n1. The van der Waals surface area contributed by atoms with Crippen LogP contribution in [0.1, 0.15) is 25.6 Å². The van der Waals surface area contributed by atoms with Gasteiger partial charge in [0.25, 0.3) is 0 Å². The van der Waals surface area contributed by atoms with Gasteiger partial charge in [0.05, 0.1) is 5.69 Å². The van der Waals surface area contributed by atoms with E-state index in [0.717, 1.165) is 22.9 Å². The molecule has 1 aromatic heterocycles. The van der Waals surface area contributed by atoms with E-state index in [4.69, 9.17) is 4.98 Å². The second-order valence-electron chi connectivity index (χ2n) is 5.06. The lowest BCUT2D eigenvalue weighted by Gasteiger charge is -2.05. The maximum atomic E-state index is 4.71. The molecule has 0 aliphatic carbocycles. The molecule has 0 fully saturated rings. The van der Waals surface area contributed by atoms with E-state index in [0.29, 0.717) is 5.92 Å². The molecule has 1 heterocycles. The Hall–Kier alpha value is -2.42. The van der Waals surface area contributed by atoms with Gasteiger partial charge in [-0.3, -0.25) is 0 Å². The Balaban J connectivity index is 2.18. The second kappa shape index (κ2) is 5.29. The number of hydrogen-bond acceptors (Lipinski definition) is 2. The summed E-state index contributed by atoms with van der Waals surface area (Å²) in [5.74, 6) is 2.07. The minimum Gasteiger partial charge on any atom is -0.213 e. The maximum Gasteiger partial charge on any atom is 0.163 e. The van der Waals surface area contributed by atoms with Gasteiger partial charge in [-0.1, -0.05) is 62.4 Å². The second-order valence-corrected chi connectivity index (χ2v) is 5.06. The molecular weight excluding hydrogens is 246 g/mol. The molecular formula is C17H17N3. The standard InChI is InChI=1S/C17H17N3/c1-13(2)16-18-17(14-9-5-3-6-10-14)20(19-16)15-11-7-4-8-12-15/h3-13H,1-2H3. The van der Waals surface area contributed by atoms with Gasteiger partial charge in [-0.25, -0.2) is 9.67 Å². The summed E-state index contributed by atoms with van der Waals surface area (Å²) in [6.45, 7) is 4.22. The van der Waals surface area contributed by atoms with Crippen LogP contribution in [0, 0.1) is 0 Å². The van der Waals surface area contributed by atoms with Gasteiger partial charge in [-0.05, 0) is 12.1 Å². The van der Waals surface area contributed by atoms with Crippen molar-refractivity contribution in [1.29, 1.82) is 0 Å². The number of benzene rings is 2.